The fourth-order valence-electron chi connectivity index (χ4n) is 5.37. The number of halogens is 2. The summed E-state index contributed by atoms with van der Waals surface area (Å²) in [6.07, 6.45) is 2.60. The predicted molar refractivity (Wildman–Crippen MR) is 146 cm³/mol. The molecule has 8 heteroatoms. The highest BCUT2D eigenvalue weighted by Gasteiger charge is 2.30. The van der Waals surface area contributed by atoms with Crippen LogP contribution in [-0.2, 0) is 16.0 Å². The third-order valence-corrected chi connectivity index (χ3v) is 7.70. The molecule has 1 saturated heterocycles. The van der Waals surface area contributed by atoms with Crippen LogP contribution < -0.4 is 10.2 Å². The number of aliphatic carboxylic acids is 1. The van der Waals surface area contributed by atoms with Crippen molar-refractivity contribution in [2.75, 3.05) is 24.6 Å². The van der Waals surface area contributed by atoms with Gasteiger partial charge >= 0.3 is 12.1 Å². The molecule has 0 radical (unpaired) electrons. The van der Waals surface area contributed by atoms with Gasteiger partial charge < -0.3 is 20.1 Å². The summed E-state index contributed by atoms with van der Waals surface area (Å²) in [6, 6.07) is 18.3. The number of nitrogens with zero attached hydrogens (tertiary/aromatic N) is 1. The summed E-state index contributed by atoms with van der Waals surface area (Å²) in [7, 11) is 0. The van der Waals surface area contributed by atoms with E-state index in [1.165, 1.54) is 6.42 Å². The fourth-order valence-corrected chi connectivity index (χ4v) is 6.14. The van der Waals surface area contributed by atoms with Crippen LogP contribution in [-0.4, -0.2) is 42.9 Å². The second kappa shape index (κ2) is 11.0. The van der Waals surface area contributed by atoms with Crippen molar-refractivity contribution in [3.05, 3.63) is 87.4 Å². The number of ether oxygens (including phenoxy) is 1. The first-order valence-corrected chi connectivity index (χ1v) is 13.2. The minimum absolute atomic E-state index is 0.0270. The van der Waals surface area contributed by atoms with E-state index in [9.17, 15) is 14.7 Å². The van der Waals surface area contributed by atoms with Gasteiger partial charge in [0.15, 0.2) is 0 Å². The van der Waals surface area contributed by atoms with E-state index in [1.54, 1.807) is 12.1 Å². The Hall–Kier alpha value is -3.22. The van der Waals surface area contributed by atoms with Crippen molar-refractivity contribution in [2.45, 2.75) is 37.6 Å². The SMILES string of the molecule is O=C(NC(Cc1cc(Cl)c(N2CCCCC2)c(Cl)c1)C(=O)O)OCC1c2ccccc2-c2ccccc21. The van der Waals surface area contributed by atoms with Gasteiger partial charge in [-0.1, -0.05) is 71.7 Å². The zero-order valence-electron chi connectivity index (χ0n) is 20.3. The number of nitrogens with one attached hydrogen (secondary N) is 1. The van der Waals surface area contributed by atoms with Crippen LogP contribution in [0.1, 0.15) is 41.9 Å². The van der Waals surface area contributed by atoms with Gasteiger partial charge in [-0.15, -0.1) is 0 Å². The molecule has 3 aromatic rings. The number of hydrogen-bond acceptors (Lipinski definition) is 4. The first-order chi connectivity index (χ1) is 17.9. The molecule has 1 unspecified atom stereocenters. The molecule has 0 saturated carbocycles. The summed E-state index contributed by atoms with van der Waals surface area (Å²) in [4.78, 5) is 26.8. The highest BCUT2D eigenvalue weighted by molar-refractivity contribution is 6.39. The highest BCUT2D eigenvalue weighted by Crippen LogP contribution is 2.44. The number of rotatable bonds is 7. The van der Waals surface area contributed by atoms with Crippen LogP contribution in [0, 0.1) is 0 Å². The number of piperidine rings is 1. The number of hydrogen-bond donors (Lipinski definition) is 2. The Morgan fingerprint density at radius 3 is 2.08 bits per heavy atom. The van der Waals surface area contributed by atoms with Crippen LogP contribution in [0.3, 0.4) is 0 Å². The second-order valence-electron chi connectivity index (χ2n) is 9.52. The second-order valence-corrected chi connectivity index (χ2v) is 10.3. The first kappa shape index (κ1) is 25.4. The average molecular weight is 539 g/mol. The molecule has 0 bridgehead atoms. The van der Waals surface area contributed by atoms with Crippen LogP contribution in [0.15, 0.2) is 60.7 Å². The molecule has 2 aliphatic rings. The minimum Gasteiger partial charge on any atom is -0.480 e. The van der Waals surface area contributed by atoms with E-state index in [2.05, 4.69) is 22.3 Å². The Morgan fingerprint density at radius 2 is 1.51 bits per heavy atom. The Morgan fingerprint density at radius 1 is 0.946 bits per heavy atom. The predicted octanol–water partition coefficient (Wildman–Crippen LogP) is 6.52. The molecular formula is C29H28Cl2N2O4. The molecule has 1 aliphatic heterocycles. The summed E-state index contributed by atoms with van der Waals surface area (Å²) in [6.45, 7) is 1.88. The lowest BCUT2D eigenvalue weighted by molar-refractivity contribution is -0.139. The zero-order chi connectivity index (χ0) is 25.9. The van der Waals surface area contributed by atoms with E-state index >= 15 is 0 Å². The van der Waals surface area contributed by atoms with Gasteiger partial charge in [-0.2, -0.15) is 0 Å². The van der Waals surface area contributed by atoms with Crippen LogP contribution in [0.2, 0.25) is 10.0 Å². The van der Waals surface area contributed by atoms with Gasteiger partial charge in [0.05, 0.1) is 15.7 Å². The molecule has 192 valence electrons. The van der Waals surface area contributed by atoms with Gasteiger partial charge in [-0.05, 0) is 59.2 Å². The number of alkyl carbamates (subject to hydrolysis) is 1. The monoisotopic (exact) mass is 538 g/mol. The lowest BCUT2D eigenvalue weighted by Crippen LogP contribution is -2.43. The molecular weight excluding hydrogens is 511 g/mol. The largest absolute Gasteiger partial charge is 0.480 e. The van der Waals surface area contributed by atoms with Crippen molar-refractivity contribution in [1.82, 2.24) is 5.32 Å². The van der Waals surface area contributed by atoms with Crippen molar-refractivity contribution in [2.24, 2.45) is 0 Å². The molecule has 0 aromatic heterocycles. The maximum atomic E-state index is 12.7. The Bertz CT molecular complexity index is 1250. The molecule has 2 N–H and O–H groups in total. The number of anilines is 1. The summed E-state index contributed by atoms with van der Waals surface area (Å²) in [5.74, 6) is -1.28. The number of fused-ring (bicyclic) bond motifs is 3. The van der Waals surface area contributed by atoms with Crippen molar-refractivity contribution in [3.63, 3.8) is 0 Å². The maximum Gasteiger partial charge on any atom is 0.407 e. The average Bonchev–Trinajstić information content (AvgIpc) is 3.21. The molecule has 1 amide bonds. The maximum absolute atomic E-state index is 12.7. The standard InChI is InChI=1S/C29H28Cl2N2O4/c30-24-14-18(15-25(31)27(24)33-12-6-1-7-13-33)16-26(28(34)35)32-29(36)37-17-23-21-10-4-2-8-19(21)20-9-3-5-11-22(20)23/h2-5,8-11,14-15,23,26H,1,6-7,12-13,16-17H2,(H,32,36)(H,34,35). The van der Waals surface area contributed by atoms with Crippen molar-refractivity contribution in [3.8, 4) is 11.1 Å². The lowest BCUT2D eigenvalue weighted by atomic mass is 9.98. The van der Waals surface area contributed by atoms with E-state index in [4.69, 9.17) is 27.9 Å². The Balaban J connectivity index is 1.25. The number of carbonyl (C=O) groups is 2. The topological polar surface area (TPSA) is 78.9 Å². The van der Waals surface area contributed by atoms with Gasteiger partial charge in [0.25, 0.3) is 0 Å². The summed E-state index contributed by atoms with van der Waals surface area (Å²) in [5, 5.41) is 13.2. The quantitative estimate of drug-likeness (QED) is 0.358. The molecule has 1 aliphatic carbocycles. The summed E-state index contributed by atoms with van der Waals surface area (Å²) < 4.78 is 5.53. The molecule has 5 rings (SSSR count). The molecule has 37 heavy (non-hydrogen) atoms. The number of carboxylic acids is 1. The normalized spacial score (nSPS) is 15.6. The number of carboxylic acid groups (broad SMARTS) is 1. The molecule has 0 spiro atoms. The van der Waals surface area contributed by atoms with Gasteiger partial charge in [0, 0.05) is 25.4 Å². The third kappa shape index (κ3) is 5.41. The number of amides is 1. The fraction of sp³-hybridized carbons (Fsp3) is 0.310. The van der Waals surface area contributed by atoms with Gasteiger partial charge in [0.1, 0.15) is 12.6 Å². The van der Waals surface area contributed by atoms with Gasteiger partial charge in [-0.3, -0.25) is 0 Å². The van der Waals surface area contributed by atoms with Crippen molar-refractivity contribution in [1.29, 1.82) is 0 Å². The lowest BCUT2D eigenvalue weighted by Gasteiger charge is -2.30. The van der Waals surface area contributed by atoms with Crippen molar-refractivity contribution >= 4 is 41.0 Å². The minimum atomic E-state index is -1.19. The summed E-state index contributed by atoms with van der Waals surface area (Å²) in [5.41, 5.74) is 5.83. The third-order valence-electron chi connectivity index (χ3n) is 7.12. The van der Waals surface area contributed by atoms with Crippen LogP contribution in [0.25, 0.3) is 11.1 Å². The van der Waals surface area contributed by atoms with Crippen LogP contribution in [0.5, 0.6) is 0 Å². The van der Waals surface area contributed by atoms with E-state index in [0.717, 1.165) is 53.9 Å². The molecule has 1 atom stereocenters. The van der Waals surface area contributed by atoms with Crippen molar-refractivity contribution < 1.29 is 19.4 Å². The first-order valence-electron chi connectivity index (χ1n) is 12.5. The van der Waals surface area contributed by atoms with E-state index < -0.39 is 18.1 Å². The van der Waals surface area contributed by atoms with E-state index in [0.29, 0.717) is 15.6 Å². The molecule has 1 fully saturated rings. The smallest absolute Gasteiger partial charge is 0.407 e. The van der Waals surface area contributed by atoms with Crippen LogP contribution in [0.4, 0.5) is 10.5 Å². The Kier molecular flexibility index (Phi) is 7.58. The van der Waals surface area contributed by atoms with Crippen LogP contribution >= 0.6 is 23.2 Å². The molecule has 3 aromatic carbocycles. The summed E-state index contributed by atoms with van der Waals surface area (Å²) >= 11 is 13.1. The Labute approximate surface area is 226 Å². The van der Waals surface area contributed by atoms with E-state index in [-0.39, 0.29) is 18.9 Å². The number of carbonyl (C=O) groups excluding carboxylic acids is 1. The molecule has 1 heterocycles. The molecule has 6 nitrogen and oxygen atoms in total. The number of benzene rings is 3. The zero-order valence-corrected chi connectivity index (χ0v) is 21.8. The highest BCUT2D eigenvalue weighted by atomic mass is 35.5. The van der Waals surface area contributed by atoms with E-state index in [1.807, 2.05) is 36.4 Å². The van der Waals surface area contributed by atoms with Gasteiger partial charge in [0.2, 0.25) is 0 Å². The van der Waals surface area contributed by atoms with Gasteiger partial charge in [-0.25, -0.2) is 9.59 Å².